The number of anilines is 1. The maximum atomic E-state index is 12.6. The number of hydrogen-bond acceptors (Lipinski definition) is 6. The van der Waals surface area contributed by atoms with Crippen molar-refractivity contribution in [1.29, 1.82) is 0 Å². The van der Waals surface area contributed by atoms with Crippen LogP contribution in [0, 0.1) is 0 Å². The molecule has 1 saturated heterocycles. The van der Waals surface area contributed by atoms with E-state index in [-0.39, 0.29) is 22.1 Å². The van der Waals surface area contributed by atoms with Crippen LogP contribution < -0.4 is 10.5 Å². The zero-order chi connectivity index (χ0) is 20.1. The Morgan fingerprint density at radius 3 is 2.50 bits per heavy atom. The van der Waals surface area contributed by atoms with Gasteiger partial charge in [-0.3, -0.25) is 4.79 Å². The van der Waals surface area contributed by atoms with Crippen LogP contribution in [0.5, 0.6) is 0 Å². The molecule has 0 aromatic carbocycles. The van der Waals surface area contributed by atoms with Crippen LogP contribution in [0.4, 0.5) is 5.82 Å². The molecule has 0 radical (unpaired) electrons. The molecule has 0 atom stereocenters. The van der Waals surface area contributed by atoms with Crippen LogP contribution in [-0.2, 0) is 17.3 Å². The van der Waals surface area contributed by atoms with Crippen LogP contribution in [0.1, 0.15) is 67.6 Å². The first-order chi connectivity index (χ1) is 13.2. The summed E-state index contributed by atoms with van der Waals surface area (Å²) in [6.07, 6.45) is 6.20. The highest BCUT2D eigenvalue weighted by molar-refractivity contribution is 5.90. The lowest BCUT2D eigenvalue weighted by Gasteiger charge is -2.40. The van der Waals surface area contributed by atoms with Crippen LogP contribution in [0.25, 0.3) is 0 Å². The molecule has 1 aliphatic carbocycles. The summed E-state index contributed by atoms with van der Waals surface area (Å²) in [5.74, 6) is 0.0666. The van der Waals surface area contributed by atoms with Gasteiger partial charge in [-0.1, -0.05) is 20.8 Å². The van der Waals surface area contributed by atoms with Gasteiger partial charge in [0, 0.05) is 41.9 Å². The number of rotatable bonds is 2. The molecule has 1 spiro atoms. The second kappa shape index (κ2) is 6.39. The molecule has 0 bridgehead atoms. The number of H-pyrrole nitrogens is 1. The van der Waals surface area contributed by atoms with E-state index in [9.17, 15) is 14.7 Å². The molecule has 1 fully saturated rings. The molecule has 3 heterocycles. The van der Waals surface area contributed by atoms with Crippen molar-refractivity contribution in [1.82, 2.24) is 19.9 Å². The van der Waals surface area contributed by atoms with E-state index in [0.717, 1.165) is 42.8 Å². The third kappa shape index (κ3) is 2.96. The molecular formula is C20H25N5O3. The molecule has 0 unspecified atom stereocenters. The minimum atomic E-state index is -1.07. The molecule has 2 N–H and O–H groups in total. The highest BCUT2D eigenvalue weighted by atomic mass is 16.4. The number of carbonyl (C=O) groups is 1. The molecule has 148 valence electrons. The number of fused-ring (bicyclic) bond motifs is 2. The van der Waals surface area contributed by atoms with Gasteiger partial charge in [-0.15, -0.1) is 0 Å². The normalized spacial score (nSPS) is 18.3. The standard InChI is InChI=1S/C20H25N5O3/c1-19(2,3)18-23-14-12(16(26)24-18)4-5-20(14)6-10-25(11-7-20)15-13(17(27)28)21-8-9-22-15/h8-9H,4-7,10-11H2,1-3H3,(H,27,28)(H,23,24,26). The number of nitrogens with zero attached hydrogens (tertiary/aromatic N) is 4. The van der Waals surface area contributed by atoms with Gasteiger partial charge < -0.3 is 15.0 Å². The molecule has 2 aromatic heterocycles. The van der Waals surface area contributed by atoms with Crippen molar-refractivity contribution in [3.8, 4) is 0 Å². The molecule has 0 amide bonds. The number of nitrogens with one attached hydrogen (secondary N) is 1. The van der Waals surface area contributed by atoms with Gasteiger partial charge >= 0.3 is 5.97 Å². The van der Waals surface area contributed by atoms with Crippen LogP contribution >= 0.6 is 0 Å². The summed E-state index contributed by atoms with van der Waals surface area (Å²) < 4.78 is 0. The zero-order valence-corrected chi connectivity index (χ0v) is 16.4. The molecule has 4 rings (SSSR count). The number of aromatic carboxylic acids is 1. The predicted octanol–water partition coefficient (Wildman–Crippen LogP) is 2.04. The van der Waals surface area contributed by atoms with Crippen LogP contribution in [0.15, 0.2) is 17.2 Å². The maximum absolute atomic E-state index is 12.6. The second-order valence-electron chi connectivity index (χ2n) is 8.79. The summed E-state index contributed by atoms with van der Waals surface area (Å²) in [5.41, 5.74) is 1.37. The number of hydrogen-bond donors (Lipinski definition) is 2. The third-order valence-corrected chi connectivity index (χ3v) is 5.98. The second-order valence-corrected chi connectivity index (χ2v) is 8.79. The van der Waals surface area contributed by atoms with Gasteiger partial charge in [0.25, 0.3) is 5.56 Å². The molecule has 1 aliphatic heterocycles. The minimum absolute atomic E-state index is 0.0173. The van der Waals surface area contributed by atoms with Crippen molar-refractivity contribution in [3.05, 3.63) is 45.5 Å². The van der Waals surface area contributed by atoms with E-state index >= 15 is 0 Å². The van der Waals surface area contributed by atoms with E-state index in [1.54, 1.807) is 0 Å². The topological polar surface area (TPSA) is 112 Å². The number of aromatic amines is 1. The first-order valence-electron chi connectivity index (χ1n) is 9.65. The Bertz CT molecular complexity index is 984. The predicted molar refractivity (Wildman–Crippen MR) is 104 cm³/mol. The lowest BCUT2D eigenvalue weighted by Crippen LogP contribution is -2.43. The van der Waals surface area contributed by atoms with Gasteiger partial charge in [0.1, 0.15) is 5.82 Å². The lowest BCUT2D eigenvalue weighted by molar-refractivity contribution is 0.0690. The van der Waals surface area contributed by atoms with E-state index < -0.39 is 5.97 Å². The van der Waals surface area contributed by atoms with Crippen LogP contribution in [-0.4, -0.2) is 44.1 Å². The Labute approximate surface area is 163 Å². The highest BCUT2D eigenvalue weighted by Crippen LogP contribution is 2.45. The van der Waals surface area contributed by atoms with Crippen LogP contribution in [0.3, 0.4) is 0 Å². The fourth-order valence-corrected chi connectivity index (χ4v) is 4.35. The van der Waals surface area contributed by atoms with Crippen molar-refractivity contribution in [2.24, 2.45) is 0 Å². The molecule has 8 heteroatoms. The summed E-state index contributed by atoms with van der Waals surface area (Å²) in [7, 11) is 0. The molecule has 2 aromatic rings. The molecule has 0 saturated carbocycles. The lowest BCUT2D eigenvalue weighted by atomic mass is 9.76. The first-order valence-corrected chi connectivity index (χ1v) is 9.65. The van der Waals surface area contributed by atoms with Crippen molar-refractivity contribution >= 4 is 11.8 Å². The Kier molecular flexibility index (Phi) is 4.24. The quantitative estimate of drug-likeness (QED) is 0.816. The average Bonchev–Trinajstić information content (AvgIpc) is 3.00. The monoisotopic (exact) mass is 383 g/mol. The summed E-state index contributed by atoms with van der Waals surface area (Å²) in [4.78, 5) is 42.2. The van der Waals surface area contributed by atoms with Gasteiger partial charge in [0.05, 0.1) is 5.69 Å². The van der Waals surface area contributed by atoms with Gasteiger partial charge in [0.15, 0.2) is 11.5 Å². The minimum Gasteiger partial charge on any atom is -0.476 e. The SMILES string of the molecule is CC(C)(C)c1nc2c(c(=O)[nH]1)CCC21CCN(c2nccnc2C(=O)O)CC1. The summed E-state index contributed by atoms with van der Waals surface area (Å²) in [6.45, 7) is 7.46. The Morgan fingerprint density at radius 1 is 1.18 bits per heavy atom. The number of aromatic nitrogens is 4. The van der Waals surface area contributed by atoms with Gasteiger partial charge in [-0.05, 0) is 25.7 Å². The fourth-order valence-electron chi connectivity index (χ4n) is 4.35. The van der Waals surface area contributed by atoms with Gasteiger partial charge in [0.2, 0.25) is 0 Å². The van der Waals surface area contributed by atoms with Gasteiger partial charge in [-0.2, -0.15) is 0 Å². The van der Waals surface area contributed by atoms with Crippen LogP contribution in [0.2, 0.25) is 0 Å². The zero-order valence-electron chi connectivity index (χ0n) is 16.4. The van der Waals surface area contributed by atoms with Crippen molar-refractivity contribution in [2.45, 2.75) is 57.3 Å². The smallest absolute Gasteiger partial charge is 0.358 e. The number of carboxylic acids is 1. The summed E-state index contributed by atoms with van der Waals surface area (Å²) >= 11 is 0. The molecule has 28 heavy (non-hydrogen) atoms. The highest BCUT2D eigenvalue weighted by Gasteiger charge is 2.45. The van der Waals surface area contributed by atoms with Crippen molar-refractivity contribution in [3.63, 3.8) is 0 Å². The van der Waals surface area contributed by atoms with E-state index in [4.69, 9.17) is 4.98 Å². The summed E-state index contributed by atoms with van der Waals surface area (Å²) in [5, 5.41) is 9.39. The van der Waals surface area contributed by atoms with E-state index in [0.29, 0.717) is 18.9 Å². The third-order valence-electron chi connectivity index (χ3n) is 5.98. The maximum Gasteiger partial charge on any atom is 0.358 e. The van der Waals surface area contributed by atoms with Gasteiger partial charge in [-0.25, -0.2) is 19.7 Å². The fraction of sp³-hybridized carbons (Fsp3) is 0.550. The van der Waals surface area contributed by atoms with E-state index in [1.165, 1.54) is 12.4 Å². The van der Waals surface area contributed by atoms with E-state index in [2.05, 4.69) is 15.0 Å². The Hall–Kier alpha value is -2.77. The van der Waals surface area contributed by atoms with Crippen molar-refractivity contribution < 1.29 is 9.90 Å². The largest absolute Gasteiger partial charge is 0.476 e. The molecular weight excluding hydrogens is 358 g/mol. The van der Waals surface area contributed by atoms with E-state index in [1.807, 2.05) is 25.7 Å². The Morgan fingerprint density at radius 2 is 1.86 bits per heavy atom. The molecule has 2 aliphatic rings. The average molecular weight is 383 g/mol. The first kappa shape index (κ1) is 18.6. The number of piperidine rings is 1. The summed E-state index contributed by atoms with van der Waals surface area (Å²) in [6, 6.07) is 0. The Balaban J connectivity index is 1.65. The number of carboxylic acid groups (broad SMARTS) is 1. The molecule has 8 nitrogen and oxygen atoms in total. The van der Waals surface area contributed by atoms with Crippen molar-refractivity contribution in [2.75, 3.05) is 18.0 Å².